The van der Waals surface area contributed by atoms with Gasteiger partial charge in [-0.15, -0.1) is 0 Å². The van der Waals surface area contributed by atoms with E-state index in [1.54, 1.807) is 35.2 Å². The van der Waals surface area contributed by atoms with Crippen LogP contribution < -0.4 is 0 Å². The Morgan fingerprint density at radius 1 is 1.10 bits per heavy atom. The zero-order valence-electron chi connectivity index (χ0n) is 16.9. The number of carbonyl (C=O) groups is 2. The Balaban J connectivity index is 1.56. The fourth-order valence-corrected chi connectivity index (χ4v) is 3.93. The lowest BCUT2D eigenvalue weighted by Gasteiger charge is -2.34. The number of carbonyl (C=O) groups excluding carboxylic acids is 2. The van der Waals surface area contributed by atoms with Crippen molar-refractivity contribution >= 4 is 11.8 Å². The summed E-state index contributed by atoms with van der Waals surface area (Å²) in [6.45, 7) is 4.75. The fraction of sp³-hybridized carbons (Fsp3) is 0.550. The number of morpholine rings is 1. The molecule has 2 amide bonds. The topological polar surface area (TPSA) is 93.5 Å². The molecule has 0 N–H and O–H groups in total. The van der Waals surface area contributed by atoms with Gasteiger partial charge in [0.05, 0.1) is 42.3 Å². The van der Waals surface area contributed by atoms with E-state index < -0.39 is 0 Å². The van der Waals surface area contributed by atoms with E-state index in [0.29, 0.717) is 55.5 Å². The van der Waals surface area contributed by atoms with Crippen LogP contribution in [0.4, 0.5) is 0 Å². The second kappa shape index (κ2) is 8.28. The van der Waals surface area contributed by atoms with Crippen LogP contribution >= 0.6 is 0 Å². The van der Waals surface area contributed by atoms with Crippen LogP contribution in [-0.4, -0.2) is 74.2 Å². The fourth-order valence-electron chi connectivity index (χ4n) is 3.93. The summed E-state index contributed by atoms with van der Waals surface area (Å²) in [7, 11) is 1.79. The maximum Gasteiger partial charge on any atom is 0.257 e. The molecule has 154 valence electrons. The third-order valence-electron chi connectivity index (χ3n) is 5.54. The highest BCUT2D eigenvalue weighted by molar-refractivity contribution is 5.95. The second-order valence-electron chi connectivity index (χ2n) is 7.54. The Kier molecular flexibility index (Phi) is 5.57. The lowest BCUT2D eigenvalue weighted by molar-refractivity contribution is 0.0301. The third-order valence-corrected chi connectivity index (χ3v) is 5.54. The molecule has 0 aromatic carbocycles. The quantitative estimate of drug-likeness (QED) is 0.775. The third kappa shape index (κ3) is 4.00. The second-order valence-corrected chi connectivity index (χ2v) is 7.54. The highest BCUT2D eigenvalue weighted by atomic mass is 16.5. The van der Waals surface area contributed by atoms with Crippen LogP contribution in [0.15, 0.2) is 18.6 Å². The molecule has 9 nitrogen and oxygen atoms in total. The molecule has 1 atom stereocenters. The van der Waals surface area contributed by atoms with E-state index in [9.17, 15) is 9.59 Å². The average molecular weight is 398 g/mol. The number of hydrogen-bond donors (Lipinski definition) is 0. The van der Waals surface area contributed by atoms with Crippen molar-refractivity contribution < 1.29 is 14.3 Å². The van der Waals surface area contributed by atoms with Gasteiger partial charge in [0.25, 0.3) is 11.8 Å². The number of rotatable bonds is 3. The molecule has 29 heavy (non-hydrogen) atoms. The van der Waals surface area contributed by atoms with Crippen molar-refractivity contribution in [3.05, 3.63) is 41.2 Å². The van der Waals surface area contributed by atoms with Crippen molar-refractivity contribution in [3.8, 4) is 0 Å². The Bertz CT molecular complexity index is 905. The van der Waals surface area contributed by atoms with Gasteiger partial charge >= 0.3 is 0 Å². The van der Waals surface area contributed by atoms with Gasteiger partial charge in [-0.05, 0) is 26.2 Å². The maximum absolute atomic E-state index is 13.0. The molecular formula is C20H26N6O3. The van der Waals surface area contributed by atoms with Crippen molar-refractivity contribution in [1.29, 1.82) is 0 Å². The maximum atomic E-state index is 13.0. The minimum Gasteiger partial charge on any atom is -0.378 e. The van der Waals surface area contributed by atoms with Crippen molar-refractivity contribution in [2.75, 3.05) is 32.8 Å². The summed E-state index contributed by atoms with van der Waals surface area (Å²) >= 11 is 0. The van der Waals surface area contributed by atoms with E-state index in [4.69, 9.17) is 4.74 Å². The summed E-state index contributed by atoms with van der Waals surface area (Å²) in [5.74, 6) is 0.472. The molecule has 4 heterocycles. The van der Waals surface area contributed by atoms with Crippen molar-refractivity contribution in [2.24, 2.45) is 7.05 Å². The summed E-state index contributed by atoms with van der Waals surface area (Å²) in [6, 6.07) is -0.192. The molecule has 0 spiro atoms. The molecule has 2 fully saturated rings. The van der Waals surface area contributed by atoms with Gasteiger partial charge in [0.2, 0.25) is 0 Å². The Hall–Kier alpha value is -2.81. The largest absolute Gasteiger partial charge is 0.378 e. The highest BCUT2D eigenvalue weighted by Gasteiger charge is 2.32. The van der Waals surface area contributed by atoms with Crippen LogP contribution in [-0.2, 0) is 11.8 Å². The molecule has 0 radical (unpaired) electrons. The first-order valence-corrected chi connectivity index (χ1v) is 10.0. The number of amides is 2. The van der Waals surface area contributed by atoms with E-state index in [1.807, 2.05) is 11.8 Å². The molecule has 2 aromatic heterocycles. The minimum atomic E-state index is -0.192. The molecule has 0 aliphatic carbocycles. The SMILES string of the molecule is Cc1nc([C@H]2CCCCN2C(=O)c2cnn(C)c2)ncc1C(=O)N1CCOCC1. The van der Waals surface area contributed by atoms with Gasteiger partial charge in [0, 0.05) is 39.1 Å². The zero-order chi connectivity index (χ0) is 20.4. The number of likely N-dealkylation sites (tertiary alicyclic amines) is 1. The summed E-state index contributed by atoms with van der Waals surface area (Å²) in [6.07, 6.45) is 7.70. The first kappa shape index (κ1) is 19.5. The summed E-state index contributed by atoms with van der Waals surface area (Å²) < 4.78 is 6.94. The Labute approximate surface area is 169 Å². The summed E-state index contributed by atoms with van der Waals surface area (Å²) in [4.78, 5) is 38.5. The average Bonchev–Trinajstić information content (AvgIpc) is 3.19. The van der Waals surface area contributed by atoms with E-state index in [0.717, 1.165) is 19.3 Å². The minimum absolute atomic E-state index is 0.0578. The van der Waals surface area contributed by atoms with E-state index in [-0.39, 0.29) is 17.9 Å². The standard InChI is InChI=1S/C20H26N6O3/c1-14-16(20(28)25-7-9-29-10-8-25)12-21-18(23-14)17-5-3-4-6-26(17)19(27)15-11-22-24(2)13-15/h11-13,17H,3-10H2,1-2H3/t17-/m1/s1. The molecule has 4 rings (SSSR count). The van der Waals surface area contributed by atoms with Crippen LogP contribution in [0.3, 0.4) is 0 Å². The number of nitrogens with zero attached hydrogens (tertiary/aromatic N) is 6. The van der Waals surface area contributed by atoms with E-state index in [1.165, 1.54) is 0 Å². The predicted molar refractivity (Wildman–Crippen MR) is 104 cm³/mol. The van der Waals surface area contributed by atoms with Crippen LogP contribution in [0.25, 0.3) is 0 Å². The van der Waals surface area contributed by atoms with Gasteiger partial charge in [-0.1, -0.05) is 0 Å². The van der Waals surface area contributed by atoms with Crippen LogP contribution in [0.5, 0.6) is 0 Å². The smallest absolute Gasteiger partial charge is 0.257 e. The Morgan fingerprint density at radius 3 is 2.59 bits per heavy atom. The van der Waals surface area contributed by atoms with Gasteiger partial charge in [-0.25, -0.2) is 9.97 Å². The predicted octanol–water partition coefficient (Wildman–Crippen LogP) is 1.36. The monoisotopic (exact) mass is 398 g/mol. The van der Waals surface area contributed by atoms with Gasteiger partial charge in [-0.2, -0.15) is 5.10 Å². The number of ether oxygens (including phenoxy) is 1. The molecule has 2 saturated heterocycles. The molecule has 2 aliphatic heterocycles. The van der Waals surface area contributed by atoms with E-state index in [2.05, 4.69) is 15.1 Å². The number of aryl methyl sites for hydroxylation is 2. The van der Waals surface area contributed by atoms with Gasteiger partial charge in [-0.3, -0.25) is 14.3 Å². The summed E-state index contributed by atoms with van der Waals surface area (Å²) in [5.41, 5.74) is 1.72. The van der Waals surface area contributed by atoms with Gasteiger partial charge in [0.15, 0.2) is 5.82 Å². The van der Waals surface area contributed by atoms with Crippen LogP contribution in [0, 0.1) is 6.92 Å². The van der Waals surface area contributed by atoms with Crippen molar-refractivity contribution in [1.82, 2.24) is 29.5 Å². The molecule has 9 heteroatoms. The highest BCUT2D eigenvalue weighted by Crippen LogP contribution is 2.30. The molecule has 0 unspecified atom stereocenters. The van der Waals surface area contributed by atoms with Gasteiger partial charge < -0.3 is 14.5 Å². The normalized spacial score (nSPS) is 20.0. The van der Waals surface area contributed by atoms with E-state index >= 15 is 0 Å². The molecule has 2 aliphatic rings. The molecular weight excluding hydrogens is 372 g/mol. The molecule has 0 saturated carbocycles. The molecule has 0 bridgehead atoms. The Morgan fingerprint density at radius 2 is 1.90 bits per heavy atom. The molecule has 2 aromatic rings. The lowest BCUT2D eigenvalue weighted by atomic mass is 10.00. The zero-order valence-corrected chi connectivity index (χ0v) is 16.9. The number of piperidine rings is 1. The first-order valence-electron chi connectivity index (χ1n) is 10.0. The number of aromatic nitrogens is 4. The van der Waals surface area contributed by atoms with Crippen LogP contribution in [0.2, 0.25) is 0 Å². The number of hydrogen-bond acceptors (Lipinski definition) is 6. The van der Waals surface area contributed by atoms with Crippen molar-refractivity contribution in [2.45, 2.75) is 32.2 Å². The van der Waals surface area contributed by atoms with Crippen LogP contribution in [0.1, 0.15) is 57.5 Å². The lowest BCUT2D eigenvalue weighted by Crippen LogP contribution is -2.41. The van der Waals surface area contributed by atoms with Crippen molar-refractivity contribution in [3.63, 3.8) is 0 Å². The first-order chi connectivity index (χ1) is 14.0. The van der Waals surface area contributed by atoms with Gasteiger partial charge in [0.1, 0.15) is 0 Å². The summed E-state index contributed by atoms with van der Waals surface area (Å²) in [5, 5.41) is 4.11.